The van der Waals surface area contributed by atoms with Gasteiger partial charge >= 0.3 is 0 Å². The molecule has 2 aromatic rings. The van der Waals surface area contributed by atoms with Crippen LogP contribution in [0.25, 0.3) is 0 Å². The highest BCUT2D eigenvalue weighted by Gasteiger charge is 2.19. The van der Waals surface area contributed by atoms with Gasteiger partial charge in [0.2, 0.25) is 0 Å². The molecule has 0 saturated heterocycles. The minimum absolute atomic E-state index is 0.00855. The lowest BCUT2D eigenvalue weighted by Gasteiger charge is -2.10. The van der Waals surface area contributed by atoms with Crippen LogP contribution >= 0.6 is 46.4 Å². The lowest BCUT2D eigenvalue weighted by Crippen LogP contribution is -2.12. The van der Waals surface area contributed by atoms with E-state index in [0.717, 1.165) is 5.56 Å². The minimum atomic E-state index is -0.576. The molecule has 110 valence electrons. The van der Waals surface area contributed by atoms with E-state index in [1.807, 2.05) is 6.92 Å². The summed E-state index contributed by atoms with van der Waals surface area (Å²) in [5, 5.41) is 12.9. The Bertz CT molecular complexity index is 731. The maximum absolute atomic E-state index is 12.2. The molecule has 0 aliphatic carbocycles. The lowest BCUT2D eigenvalue weighted by atomic mass is 10.1. The fraction of sp³-hybridized carbons (Fsp3) is 0.0714. The molecule has 0 saturated carbocycles. The standard InChI is InChI=1S/C14H9Cl4NO2/c1-6-2-3-7(4-9(6)15)19-14(21)8-5-10(16)11(17)12(18)13(8)20/h2-5,20H,1H3,(H,19,21). The Labute approximate surface area is 141 Å². The van der Waals surface area contributed by atoms with Gasteiger partial charge in [0.05, 0.1) is 15.6 Å². The molecule has 0 aliphatic rings. The van der Waals surface area contributed by atoms with Crippen LogP contribution in [0.3, 0.4) is 0 Å². The van der Waals surface area contributed by atoms with E-state index in [2.05, 4.69) is 5.32 Å². The third-order valence-electron chi connectivity index (χ3n) is 2.81. The lowest BCUT2D eigenvalue weighted by molar-refractivity contribution is 0.102. The van der Waals surface area contributed by atoms with Gasteiger partial charge in [-0.15, -0.1) is 0 Å². The van der Waals surface area contributed by atoms with E-state index in [4.69, 9.17) is 46.4 Å². The molecule has 1 amide bonds. The van der Waals surface area contributed by atoms with Gasteiger partial charge in [-0.3, -0.25) is 4.79 Å². The quantitative estimate of drug-likeness (QED) is 0.684. The Morgan fingerprint density at radius 3 is 2.33 bits per heavy atom. The SMILES string of the molecule is Cc1ccc(NC(=O)c2cc(Cl)c(Cl)c(Cl)c2O)cc1Cl. The van der Waals surface area contributed by atoms with Gasteiger partial charge in [0.1, 0.15) is 10.8 Å². The Morgan fingerprint density at radius 1 is 1.05 bits per heavy atom. The zero-order valence-electron chi connectivity index (χ0n) is 10.7. The average molecular weight is 365 g/mol. The second kappa shape index (κ2) is 6.32. The Hall–Kier alpha value is -1.13. The van der Waals surface area contributed by atoms with Crippen molar-refractivity contribution in [1.29, 1.82) is 0 Å². The predicted molar refractivity (Wildman–Crippen MR) is 87.3 cm³/mol. The van der Waals surface area contributed by atoms with Crippen LogP contribution in [0.4, 0.5) is 5.69 Å². The summed E-state index contributed by atoms with van der Waals surface area (Å²) in [4.78, 5) is 12.2. The molecule has 21 heavy (non-hydrogen) atoms. The van der Waals surface area contributed by atoms with Crippen LogP contribution in [0.2, 0.25) is 20.1 Å². The van der Waals surface area contributed by atoms with Crippen molar-refractivity contribution in [3.8, 4) is 5.75 Å². The fourth-order valence-corrected chi connectivity index (χ4v) is 2.41. The molecule has 0 unspecified atom stereocenters. The van der Waals surface area contributed by atoms with E-state index in [1.54, 1.807) is 18.2 Å². The first kappa shape index (κ1) is 16.2. The van der Waals surface area contributed by atoms with E-state index < -0.39 is 11.7 Å². The van der Waals surface area contributed by atoms with Gasteiger partial charge in [0.25, 0.3) is 5.91 Å². The van der Waals surface area contributed by atoms with E-state index in [1.165, 1.54) is 6.07 Å². The van der Waals surface area contributed by atoms with Gasteiger partial charge in [-0.2, -0.15) is 0 Å². The number of nitrogens with one attached hydrogen (secondary N) is 1. The molecule has 0 aliphatic heterocycles. The molecule has 0 radical (unpaired) electrons. The van der Waals surface area contributed by atoms with Crippen LogP contribution in [-0.2, 0) is 0 Å². The number of aromatic hydroxyl groups is 1. The molecule has 0 aromatic heterocycles. The third kappa shape index (κ3) is 3.38. The Balaban J connectivity index is 2.35. The van der Waals surface area contributed by atoms with Gasteiger partial charge in [0, 0.05) is 10.7 Å². The third-order valence-corrected chi connectivity index (χ3v) is 4.47. The van der Waals surface area contributed by atoms with Crippen LogP contribution in [-0.4, -0.2) is 11.0 Å². The van der Waals surface area contributed by atoms with Gasteiger partial charge in [-0.25, -0.2) is 0 Å². The van der Waals surface area contributed by atoms with Gasteiger partial charge in [-0.05, 0) is 30.7 Å². The summed E-state index contributed by atoms with van der Waals surface area (Å²) in [5.41, 5.74) is 1.29. The fourth-order valence-electron chi connectivity index (χ4n) is 1.63. The molecule has 0 spiro atoms. The van der Waals surface area contributed by atoms with E-state index >= 15 is 0 Å². The second-order valence-corrected chi connectivity index (χ2v) is 5.87. The molecular weight excluding hydrogens is 356 g/mol. The number of hydrogen-bond donors (Lipinski definition) is 2. The summed E-state index contributed by atoms with van der Waals surface area (Å²) < 4.78 is 0. The number of halogens is 4. The van der Waals surface area contributed by atoms with Gasteiger partial charge in [-0.1, -0.05) is 52.5 Å². The van der Waals surface area contributed by atoms with Crippen LogP contribution in [0.1, 0.15) is 15.9 Å². The number of hydrogen-bond acceptors (Lipinski definition) is 2. The van der Waals surface area contributed by atoms with E-state index in [0.29, 0.717) is 10.7 Å². The first-order valence-electron chi connectivity index (χ1n) is 5.75. The number of rotatable bonds is 2. The first-order chi connectivity index (χ1) is 9.81. The average Bonchev–Trinajstić information content (AvgIpc) is 2.44. The topological polar surface area (TPSA) is 49.3 Å². The van der Waals surface area contributed by atoms with Crippen molar-refractivity contribution in [1.82, 2.24) is 0 Å². The number of phenolic OH excluding ortho intramolecular Hbond substituents is 1. The van der Waals surface area contributed by atoms with Gasteiger partial charge in [0.15, 0.2) is 0 Å². The number of amides is 1. The van der Waals surface area contributed by atoms with Crippen molar-refractivity contribution in [2.75, 3.05) is 5.32 Å². The molecular formula is C14H9Cl4NO2. The maximum atomic E-state index is 12.2. The van der Waals surface area contributed by atoms with Crippen LogP contribution < -0.4 is 5.32 Å². The summed E-state index contributed by atoms with van der Waals surface area (Å²) >= 11 is 23.4. The van der Waals surface area contributed by atoms with Crippen molar-refractivity contribution in [3.63, 3.8) is 0 Å². The number of carbonyl (C=O) groups is 1. The summed E-state index contributed by atoms with van der Waals surface area (Å²) in [6, 6.07) is 6.30. The number of phenols is 1. The van der Waals surface area contributed by atoms with Crippen LogP contribution in [0.5, 0.6) is 5.75 Å². The second-order valence-electron chi connectivity index (χ2n) is 4.30. The highest BCUT2D eigenvalue weighted by atomic mass is 35.5. The molecule has 2 rings (SSSR count). The Morgan fingerprint density at radius 2 is 1.71 bits per heavy atom. The molecule has 0 fully saturated rings. The summed E-state index contributed by atoms with van der Waals surface area (Å²) in [7, 11) is 0. The monoisotopic (exact) mass is 363 g/mol. The van der Waals surface area contributed by atoms with Crippen molar-refractivity contribution in [2.45, 2.75) is 6.92 Å². The van der Waals surface area contributed by atoms with Crippen molar-refractivity contribution >= 4 is 58.0 Å². The zero-order valence-corrected chi connectivity index (χ0v) is 13.7. The van der Waals surface area contributed by atoms with Crippen LogP contribution in [0.15, 0.2) is 24.3 Å². The predicted octanol–water partition coefficient (Wildman–Crippen LogP) is 5.57. The summed E-state index contributed by atoms with van der Waals surface area (Å²) in [6.45, 7) is 1.85. The van der Waals surface area contributed by atoms with Crippen molar-refractivity contribution < 1.29 is 9.90 Å². The number of aryl methyl sites for hydroxylation is 1. The Kier molecular flexibility index (Phi) is 4.89. The van der Waals surface area contributed by atoms with Crippen LogP contribution in [0, 0.1) is 6.92 Å². The van der Waals surface area contributed by atoms with Crippen molar-refractivity contribution in [3.05, 3.63) is 55.5 Å². The summed E-state index contributed by atoms with van der Waals surface area (Å²) in [6.07, 6.45) is 0. The smallest absolute Gasteiger partial charge is 0.259 e. The molecule has 3 nitrogen and oxygen atoms in total. The maximum Gasteiger partial charge on any atom is 0.259 e. The van der Waals surface area contributed by atoms with E-state index in [9.17, 15) is 9.90 Å². The van der Waals surface area contributed by atoms with Crippen molar-refractivity contribution in [2.24, 2.45) is 0 Å². The zero-order chi connectivity index (χ0) is 15.7. The van der Waals surface area contributed by atoms with E-state index in [-0.39, 0.29) is 20.6 Å². The molecule has 2 aromatic carbocycles. The van der Waals surface area contributed by atoms with Gasteiger partial charge < -0.3 is 10.4 Å². The molecule has 0 heterocycles. The highest BCUT2D eigenvalue weighted by Crippen LogP contribution is 2.39. The molecule has 0 atom stereocenters. The largest absolute Gasteiger partial charge is 0.505 e. The normalized spacial score (nSPS) is 10.5. The highest BCUT2D eigenvalue weighted by molar-refractivity contribution is 6.49. The number of benzene rings is 2. The summed E-state index contributed by atoms with van der Waals surface area (Å²) in [5.74, 6) is -1.00. The first-order valence-corrected chi connectivity index (χ1v) is 7.26. The molecule has 0 bridgehead atoms. The minimum Gasteiger partial charge on any atom is -0.505 e. The number of anilines is 1. The number of carbonyl (C=O) groups excluding carboxylic acids is 1. The molecule has 7 heteroatoms. The molecule has 2 N–H and O–H groups in total.